The highest BCUT2D eigenvalue weighted by Crippen LogP contribution is 2.20. The molecule has 0 atom stereocenters. The van der Waals surface area contributed by atoms with E-state index in [0.717, 1.165) is 11.3 Å². The molecule has 1 heterocycles. The zero-order chi connectivity index (χ0) is 18.4. The van der Waals surface area contributed by atoms with Crippen LogP contribution >= 0.6 is 0 Å². The van der Waals surface area contributed by atoms with Crippen LogP contribution in [0.1, 0.15) is 6.92 Å². The molecule has 8 heteroatoms. The minimum absolute atomic E-state index is 0.0935. The van der Waals surface area contributed by atoms with Crippen molar-refractivity contribution in [3.8, 4) is 22.9 Å². The molecule has 0 bridgehead atoms. The summed E-state index contributed by atoms with van der Waals surface area (Å²) in [6.45, 7) is 2.43. The van der Waals surface area contributed by atoms with Crippen LogP contribution < -0.4 is 14.8 Å². The highest BCUT2D eigenvalue weighted by molar-refractivity contribution is 5.92. The van der Waals surface area contributed by atoms with Crippen LogP contribution in [0.5, 0.6) is 11.5 Å². The van der Waals surface area contributed by atoms with Gasteiger partial charge < -0.3 is 14.8 Å². The molecule has 8 nitrogen and oxygen atoms in total. The maximum Gasteiger partial charge on any atom is 0.262 e. The molecule has 0 aliphatic heterocycles. The molecule has 0 radical (unpaired) electrons. The van der Waals surface area contributed by atoms with Gasteiger partial charge in [0.05, 0.1) is 6.61 Å². The van der Waals surface area contributed by atoms with Gasteiger partial charge in [-0.05, 0) is 53.7 Å². The Morgan fingerprint density at radius 1 is 1.12 bits per heavy atom. The van der Waals surface area contributed by atoms with E-state index < -0.39 is 0 Å². The Hall–Kier alpha value is -3.42. The Labute approximate surface area is 150 Å². The number of anilines is 1. The van der Waals surface area contributed by atoms with Gasteiger partial charge in [-0.1, -0.05) is 12.1 Å². The maximum absolute atomic E-state index is 12.1. The molecule has 0 unspecified atom stereocenters. The maximum atomic E-state index is 12.1. The smallest absolute Gasteiger partial charge is 0.262 e. The summed E-state index contributed by atoms with van der Waals surface area (Å²) >= 11 is 0. The third-order valence-electron chi connectivity index (χ3n) is 3.53. The van der Waals surface area contributed by atoms with E-state index in [9.17, 15) is 4.79 Å². The molecule has 134 valence electrons. The Morgan fingerprint density at radius 3 is 2.50 bits per heavy atom. The number of nitrogens with one attached hydrogen (secondary N) is 1. The van der Waals surface area contributed by atoms with E-state index in [1.807, 2.05) is 19.1 Å². The topological polar surface area (TPSA) is 91.2 Å². The largest absolute Gasteiger partial charge is 0.494 e. The molecule has 0 saturated carbocycles. The molecule has 2 aromatic carbocycles. The zero-order valence-corrected chi connectivity index (χ0v) is 14.5. The van der Waals surface area contributed by atoms with Crippen molar-refractivity contribution in [1.29, 1.82) is 0 Å². The fourth-order valence-corrected chi connectivity index (χ4v) is 2.35. The van der Waals surface area contributed by atoms with Crippen LogP contribution in [-0.2, 0) is 11.8 Å². The highest BCUT2D eigenvalue weighted by Gasteiger charge is 2.08. The van der Waals surface area contributed by atoms with Gasteiger partial charge in [0.2, 0.25) is 0 Å². The molecule has 0 saturated heterocycles. The third-order valence-corrected chi connectivity index (χ3v) is 3.53. The van der Waals surface area contributed by atoms with Crippen LogP contribution in [0.15, 0.2) is 48.5 Å². The average Bonchev–Trinajstić information content (AvgIpc) is 3.08. The summed E-state index contributed by atoms with van der Waals surface area (Å²) in [5.74, 6) is 1.72. The number of carbonyl (C=O) groups excluding carboxylic acids is 1. The number of benzene rings is 2. The Balaban J connectivity index is 1.57. The second-order valence-electron chi connectivity index (χ2n) is 5.45. The summed E-state index contributed by atoms with van der Waals surface area (Å²) in [6.07, 6.45) is 0. The first-order chi connectivity index (χ1) is 12.7. The van der Waals surface area contributed by atoms with Gasteiger partial charge in [-0.25, -0.2) is 4.68 Å². The van der Waals surface area contributed by atoms with Crippen molar-refractivity contribution in [3.05, 3.63) is 48.5 Å². The lowest BCUT2D eigenvalue weighted by Gasteiger charge is -2.09. The van der Waals surface area contributed by atoms with Crippen LogP contribution in [0, 0.1) is 0 Å². The monoisotopic (exact) mass is 353 g/mol. The lowest BCUT2D eigenvalue weighted by atomic mass is 10.2. The zero-order valence-electron chi connectivity index (χ0n) is 14.5. The van der Waals surface area contributed by atoms with Crippen molar-refractivity contribution in [2.45, 2.75) is 6.92 Å². The van der Waals surface area contributed by atoms with E-state index in [-0.39, 0.29) is 12.5 Å². The molecule has 3 aromatic rings. The van der Waals surface area contributed by atoms with Crippen molar-refractivity contribution in [2.24, 2.45) is 7.05 Å². The predicted octanol–water partition coefficient (Wildman–Crippen LogP) is 2.29. The van der Waals surface area contributed by atoms with Crippen LogP contribution in [0.4, 0.5) is 5.69 Å². The van der Waals surface area contributed by atoms with E-state index in [2.05, 4.69) is 20.8 Å². The Bertz CT molecular complexity index is 877. The van der Waals surface area contributed by atoms with Crippen molar-refractivity contribution in [3.63, 3.8) is 0 Å². The summed E-state index contributed by atoms with van der Waals surface area (Å²) in [5.41, 5.74) is 1.45. The molecule has 0 fully saturated rings. The molecule has 1 aromatic heterocycles. The number of carbonyl (C=O) groups is 1. The quantitative estimate of drug-likeness (QED) is 0.701. The number of tetrazole rings is 1. The molecule has 26 heavy (non-hydrogen) atoms. The number of amides is 1. The molecular formula is C18H19N5O3. The Morgan fingerprint density at radius 2 is 1.85 bits per heavy atom. The SMILES string of the molecule is CCOc1ccc(OCC(=O)Nc2cccc(-c3nnnn3C)c2)cc1. The highest BCUT2D eigenvalue weighted by atomic mass is 16.5. The van der Waals surface area contributed by atoms with Gasteiger partial charge >= 0.3 is 0 Å². The number of rotatable bonds is 7. The van der Waals surface area contributed by atoms with Crippen molar-refractivity contribution in [2.75, 3.05) is 18.5 Å². The minimum atomic E-state index is -0.257. The molecule has 1 amide bonds. The van der Waals surface area contributed by atoms with E-state index >= 15 is 0 Å². The number of hydrogen-bond acceptors (Lipinski definition) is 6. The van der Waals surface area contributed by atoms with Crippen molar-refractivity contribution >= 4 is 11.6 Å². The third kappa shape index (κ3) is 4.35. The summed E-state index contributed by atoms with van der Waals surface area (Å²) in [6, 6.07) is 14.4. The number of nitrogens with zero attached hydrogens (tertiary/aromatic N) is 4. The minimum Gasteiger partial charge on any atom is -0.494 e. The summed E-state index contributed by atoms with van der Waals surface area (Å²) < 4.78 is 12.4. The van der Waals surface area contributed by atoms with Gasteiger partial charge in [0.1, 0.15) is 11.5 Å². The van der Waals surface area contributed by atoms with Gasteiger partial charge in [0.25, 0.3) is 5.91 Å². The second kappa shape index (κ2) is 8.11. The number of hydrogen-bond donors (Lipinski definition) is 1. The number of aryl methyl sites for hydroxylation is 1. The van der Waals surface area contributed by atoms with Crippen LogP contribution in [0.25, 0.3) is 11.4 Å². The summed E-state index contributed by atoms with van der Waals surface area (Å²) in [5, 5.41) is 14.2. The van der Waals surface area contributed by atoms with Gasteiger partial charge in [0, 0.05) is 18.3 Å². The van der Waals surface area contributed by atoms with E-state index in [0.29, 0.717) is 23.9 Å². The first-order valence-electron chi connectivity index (χ1n) is 8.14. The molecular weight excluding hydrogens is 334 g/mol. The number of ether oxygens (including phenoxy) is 2. The molecule has 1 N–H and O–H groups in total. The van der Waals surface area contributed by atoms with Gasteiger partial charge in [-0.2, -0.15) is 0 Å². The first-order valence-corrected chi connectivity index (χ1v) is 8.14. The van der Waals surface area contributed by atoms with E-state index in [1.54, 1.807) is 48.1 Å². The van der Waals surface area contributed by atoms with E-state index in [1.165, 1.54) is 0 Å². The van der Waals surface area contributed by atoms with E-state index in [4.69, 9.17) is 9.47 Å². The summed E-state index contributed by atoms with van der Waals surface area (Å²) in [7, 11) is 1.76. The standard InChI is InChI=1S/C18H19N5O3/c1-3-25-15-7-9-16(10-8-15)26-12-17(24)19-14-6-4-5-13(11-14)18-20-21-22-23(18)2/h4-11H,3,12H2,1-2H3,(H,19,24). The Kier molecular flexibility index (Phi) is 5.43. The molecule has 3 rings (SSSR count). The first kappa shape index (κ1) is 17.4. The average molecular weight is 353 g/mol. The normalized spacial score (nSPS) is 10.4. The fourth-order valence-electron chi connectivity index (χ4n) is 2.35. The van der Waals surface area contributed by atoms with Crippen LogP contribution in [-0.4, -0.2) is 39.3 Å². The molecule has 0 aliphatic carbocycles. The lowest BCUT2D eigenvalue weighted by Crippen LogP contribution is -2.20. The number of aromatic nitrogens is 4. The lowest BCUT2D eigenvalue weighted by molar-refractivity contribution is -0.118. The van der Waals surface area contributed by atoms with Gasteiger partial charge in [-0.3, -0.25) is 4.79 Å². The predicted molar refractivity (Wildman–Crippen MR) is 96.0 cm³/mol. The van der Waals surface area contributed by atoms with Gasteiger partial charge in [0.15, 0.2) is 12.4 Å². The summed E-state index contributed by atoms with van der Waals surface area (Å²) in [4.78, 5) is 12.1. The van der Waals surface area contributed by atoms with Crippen LogP contribution in [0.2, 0.25) is 0 Å². The van der Waals surface area contributed by atoms with Crippen molar-refractivity contribution < 1.29 is 14.3 Å². The van der Waals surface area contributed by atoms with Crippen LogP contribution in [0.3, 0.4) is 0 Å². The van der Waals surface area contributed by atoms with Gasteiger partial charge in [-0.15, -0.1) is 5.10 Å². The second-order valence-corrected chi connectivity index (χ2v) is 5.45. The van der Waals surface area contributed by atoms with Crippen molar-refractivity contribution in [1.82, 2.24) is 20.2 Å². The molecule has 0 aliphatic rings. The fraction of sp³-hybridized carbons (Fsp3) is 0.222. The molecule has 0 spiro atoms.